The number of ether oxygens (including phenoxy) is 1. The summed E-state index contributed by atoms with van der Waals surface area (Å²) >= 11 is 0. The summed E-state index contributed by atoms with van der Waals surface area (Å²) in [6.07, 6.45) is 6.00. The number of hydrogen-bond acceptors (Lipinski definition) is 5. The summed E-state index contributed by atoms with van der Waals surface area (Å²) in [7, 11) is -6.21. The minimum atomic E-state index is -2.26. The lowest BCUT2D eigenvalue weighted by Gasteiger charge is -2.42. The summed E-state index contributed by atoms with van der Waals surface area (Å²) in [6.45, 7) is 41.9. The van der Waals surface area contributed by atoms with Crippen molar-refractivity contribution in [3.63, 3.8) is 0 Å². The van der Waals surface area contributed by atoms with Crippen molar-refractivity contribution in [2.45, 2.75) is 175 Å². The Kier molecular flexibility index (Phi) is 19.5. The standard InChI is InChI=1S/C55H86O5Si3/c1-43(30-28-40-57-55(46-32-22-19-23-33-46,47-34-24-20-25-35-47)48-36-26-21-27-37-48)50(59-62(15,16)53(7,8)9)42-49(56)39-38-45(3)51(60-63(17,18)54(10,11)12)44(2)31-29-41-58-61(13,14)52(4,5)6/h19-28,30,32-37,43-45,50-51H,29,31,40-42H2,1-18H3/t43-,44+,45+,50+,51-/m1/s1. The van der Waals surface area contributed by atoms with Crippen LogP contribution in [0.2, 0.25) is 54.4 Å². The molecular formula is C55H86O5Si3. The molecule has 0 unspecified atom stereocenters. The highest BCUT2D eigenvalue weighted by Gasteiger charge is 2.43. The molecule has 0 saturated heterocycles. The zero-order valence-corrected chi connectivity index (χ0v) is 45.8. The fourth-order valence-corrected chi connectivity index (χ4v) is 11.0. The molecule has 3 aromatic carbocycles. The topological polar surface area (TPSA) is 54.0 Å². The van der Waals surface area contributed by atoms with Gasteiger partial charge in [-0.1, -0.05) is 185 Å². The van der Waals surface area contributed by atoms with Crippen molar-refractivity contribution < 1.29 is 22.8 Å². The molecule has 5 nitrogen and oxygen atoms in total. The van der Waals surface area contributed by atoms with Gasteiger partial charge in [0.05, 0.1) is 18.8 Å². The van der Waals surface area contributed by atoms with Crippen LogP contribution in [0, 0.1) is 29.6 Å². The molecule has 63 heavy (non-hydrogen) atoms. The van der Waals surface area contributed by atoms with Gasteiger partial charge in [-0.15, -0.1) is 0 Å². The first-order chi connectivity index (χ1) is 29.1. The highest BCUT2D eigenvalue weighted by Crippen LogP contribution is 2.43. The minimum Gasteiger partial charge on any atom is -0.417 e. The maximum atomic E-state index is 14.0. The molecule has 0 aliphatic heterocycles. The van der Waals surface area contributed by atoms with Gasteiger partial charge in [-0.3, -0.25) is 4.79 Å². The third-order valence-electron chi connectivity index (χ3n) is 14.4. The van der Waals surface area contributed by atoms with E-state index in [0.29, 0.717) is 6.61 Å². The molecule has 348 valence electrons. The first kappa shape index (κ1) is 54.5. The van der Waals surface area contributed by atoms with Gasteiger partial charge in [0.2, 0.25) is 5.78 Å². The van der Waals surface area contributed by atoms with Gasteiger partial charge in [-0.05, 0) is 109 Å². The van der Waals surface area contributed by atoms with E-state index in [9.17, 15) is 4.79 Å². The van der Waals surface area contributed by atoms with E-state index in [-0.39, 0.29) is 57.3 Å². The summed E-state index contributed by atoms with van der Waals surface area (Å²) in [6, 6.07) is 31.3. The van der Waals surface area contributed by atoms with E-state index < -0.39 is 30.6 Å². The fraction of sp³-hybridized carbons (Fsp3) is 0.582. The zero-order valence-electron chi connectivity index (χ0n) is 42.8. The average molecular weight is 912 g/mol. The molecule has 0 N–H and O–H groups in total. The maximum absolute atomic E-state index is 14.0. The van der Waals surface area contributed by atoms with Crippen LogP contribution in [0.15, 0.2) is 103 Å². The van der Waals surface area contributed by atoms with Gasteiger partial charge >= 0.3 is 0 Å². The number of carbonyl (C=O) groups excluding carboxylic acids is 1. The second kappa shape index (κ2) is 22.5. The maximum Gasteiger partial charge on any atom is 0.208 e. The van der Waals surface area contributed by atoms with Crippen LogP contribution in [0.3, 0.4) is 0 Å². The van der Waals surface area contributed by atoms with E-state index in [0.717, 1.165) is 36.1 Å². The summed E-state index contributed by atoms with van der Waals surface area (Å²) in [5.41, 5.74) is 2.36. The monoisotopic (exact) mass is 911 g/mol. The lowest BCUT2D eigenvalue weighted by molar-refractivity contribution is -0.115. The Hall–Kier alpha value is -2.88. The quantitative estimate of drug-likeness (QED) is 0.0266. The lowest BCUT2D eigenvalue weighted by Crippen LogP contribution is -2.47. The molecule has 0 aliphatic carbocycles. The third kappa shape index (κ3) is 15.1. The zero-order chi connectivity index (χ0) is 47.5. The third-order valence-corrected chi connectivity index (χ3v) is 27.9. The van der Waals surface area contributed by atoms with E-state index in [2.05, 4.69) is 219 Å². The molecule has 0 aliphatic rings. The van der Waals surface area contributed by atoms with Crippen molar-refractivity contribution in [2.24, 2.45) is 17.8 Å². The van der Waals surface area contributed by atoms with Gasteiger partial charge in [0.25, 0.3) is 0 Å². The number of rotatable bonds is 21. The van der Waals surface area contributed by atoms with E-state index >= 15 is 0 Å². The van der Waals surface area contributed by atoms with Crippen LogP contribution in [0.4, 0.5) is 0 Å². The van der Waals surface area contributed by atoms with E-state index in [1.165, 1.54) is 0 Å². The Morgan fingerprint density at radius 2 is 1.06 bits per heavy atom. The van der Waals surface area contributed by atoms with E-state index in [1.54, 1.807) is 0 Å². The van der Waals surface area contributed by atoms with Crippen LogP contribution >= 0.6 is 0 Å². The van der Waals surface area contributed by atoms with Gasteiger partial charge in [-0.25, -0.2) is 0 Å². The summed E-state index contributed by atoms with van der Waals surface area (Å²) in [4.78, 5) is 14.0. The number of ketones is 1. The predicted octanol–water partition coefficient (Wildman–Crippen LogP) is 15.0. The Balaban J connectivity index is 1.89. The summed E-state index contributed by atoms with van der Waals surface area (Å²) < 4.78 is 27.8. The Labute approximate surface area is 388 Å². The normalized spacial score (nSPS) is 15.9. The largest absolute Gasteiger partial charge is 0.417 e. The van der Waals surface area contributed by atoms with Gasteiger partial charge in [-0.2, -0.15) is 0 Å². The van der Waals surface area contributed by atoms with Crippen molar-refractivity contribution in [1.29, 1.82) is 0 Å². The molecule has 0 amide bonds. The molecule has 0 fully saturated rings. The average Bonchev–Trinajstić information content (AvgIpc) is 3.20. The van der Waals surface area contributed by atoms with Gasteiger partial charge in [0.15, 0.2) is 25.0 Å². The molecule has 5 atom stereocenters. The first-order valence-corrected chi connectivity index (χ1v) is 32.3. The molecule has 3 rings (SSSR count). The molecule has 0 spiro atoms. The molecular weight excluding hydrogens is 825 g/mol. The minimum absolute atomic E-state index is 0.0259. The van der Waals surface area contributed by atoms with Crippen molar-refractivity contribution in [3.8, 4) is 11.8 Å². The molecule has 0 bridgehead atoms. The smallest absolute Gasteiger partial charge is 0.208 e. The van der Waals surface area contributed by atoms with Gasteiger partial charge in [0.1, 0.15) is 5.60 Å². The second-order valence-corrected chi connectivity index (χ2v) is 36.9. The SMILES string of the molecule is C[C@H](C=CCOC(c1ccccc1)(c1ccccc1)c1ccccc1)[C@H](CC(=O)C#C[C@H](C)[C@H](O[Si](C)(C)C(C)(C)C)[C@@H](C)CCCO[Si](C)(C)C(C)(C)C)O[Si](C)(C)C(C)(C)C. The van der Waals surface area contributed by atoms with Crippen LogP contribution in [-0.4, -0.2) is 56.2 Å². The van der Waals surface area contributed by atoms with Crippen molar-refractivity contribution in [1.82, 2.24) is 0 Å². The van der Waals surface area contributed by atoms with Crippen LogP contribution in [-0.2, 0) is 28.4 Å². The second-order valence-electron chi connectivity index (χ2n) is 22.6. The predicted molar refractivity (Wildman–Crippen MR) is 276 cm³/mol. The van der Waals surface area contributed by atoms with Crippen LogP contribution in [0.1, 0.15) is 119 Å². The Morgan fingerprint density at radius 3 is 1.49 bits per heavy atom. The van der Waals surface area contributed by atoms with Gasteiger partial charge < -0.3 is 18.0 Å². The van der Waals surface area contributed by atoms with E-state index in [4.69, 9.17) is 18.0 Å². The van der Waals surface area contributed by atoms with Crippen LogP contribution in [0.25, 0.3) is 0 Å². The van der Waals surface area contributed by atoms with E-state index in [1.807, 2.05) is 18.2 Å². The van der Waals surface area contributed by atoms with Crippen molar-refractivity contribution in [3.05, 3.63) is 120 Å². The number of Topliss-reactive ketones (excluding diaryl/α,β-unsaturated/α-hetero) is 1. The Morgan fingerprint density at radius 1 is 0.635 bits per heavy atom. The lowest BCUT2D eigenvalue weighted by atomic mass is 9.80. The van der Waals surface area contributed by atoms with Crippen LogP contribution in [0.5, 0.6) is 0 Å². The molecule has 0 radical (unpaired) electrons. The highest BCUT2D eigenvalue weighted by atomic mass is 28.4. The molecule has 8 heteroatoms. The van der Waals surface area contributed by atoms with Crippen molar-refractivity contribution >= 4 is 30.7 Å². The molecule has 0 heterocycles. The summed E-state index contributed by atoms with van der Waals surface area (Å²) in [5, 5.41) is 0.206. The fourth-order valence-electron chi connectivity index (χ4n) is 7.08. The number of carbonyl (C=O) groups is 1. The van der Waals surface area contributed by atoms with Crippen molar-refractivity contribution in [2.75, 3.05) is 13.2 Å². The molecule has 0 saturated carbocycles. The number of hydrogen-bond donors (Lipinski definition) is 0. The van der Waals surface area contributed by atoms with Gasteiger partial charge in [0, 0.05) is 18.9 Å². The Bertz CT molecular complexity index is 1830. The first-order valence-electron chi connectivity index (χ1n) is 23.6. The number of benzene rings is 3. The summed E-state index contributed by atoms with van der Waals surface area (Å²) in [5.74, 6) is 6.51. The van der Waals surface area contributed by atoms with Crippen LogP contribution < -0.4 is 0 Å². The highest BCUT2D eigenvalue weighted by molar-refractivity contribution is 6.75. The molecule has 3 aromatic rings. The molecule has 0 aromatic heterocycles.